The summed E-state index contributed by atoms with van der Waals surface area (Å²) in [6.07, 6.45) is 2.26. The largest absolute Gasteiger partial charge is 0.379 e. The summed E-state index contributed by atoms with van der Waals surface area (Å²) in [6, 6.07) is 9.38. The standard InChI is InChI=1S/C12H15O2/c1-14-10-6-5-9-12(13)11-7-3-2-4-8-11/h2-4,7-8,10H,5-6,9H2,1H3. The molecule has 0 amide bonds. The summed E-state index contributed by atoms with van der Waals surface area (Å²) in [6.45, 7) is 1.72. The normalized spacial score (nSPS) is 10.1. The molecule has 0 spiro atoms. The molecule has 0 aliphatic rings. The van der Waals surface area contributed by atoms with Gasteiger partial charge in [0, 0.05) is 19.1 Å². The van der Waals surface area contributed by atoms with E-state index in [2.05, 4.69) is 0 Å². The highest BCUT2D eigenvalue weighted by atomic mass is 16.5. The van der Waals surface area contributed by atoms with Gasteiger partial charge in [-0.05, 0) is 12.8 Å². The molecule has 0 saturated heterocycles. The number of ether oxygens (including phenoxy) is 1. The van der Waals surface area contributed by atoms with Crippen LogP contribution >= 0.6 is 0 Å². The molecule has 0 N–H and O–H groups in total. The van der Waals surface area contributed by atoms with Crippen molar-refractivity contribution in [1.82, 2.24) is 0 Å². The molecular formula is C12H15O2. The van der Waals surface area contributed by atoms with Crippen molar-refractivity contribution in [2.24, 2.45) is 0 Å². The number of unbranched alkanes of at least 4 members (excludes halogenated alkanes) is 1. The summed E-state index contributed by atoms with van der Waals surface area (Å²) < 4.78 is 4.79. The van der Waals surface area contributed by atoms with Crippen molar-refractivity contribution in [3.05, 3.63) is 42.5 Å². The van der Waals surface area contributed by atoms with Crippen LogP contribution in [-0.2, 0) is 4.74 Å². The molecule has 2 nitrogen and oxygen atoms in total. The van der Waals surface area contributed by atoms with E-state index < -0.39 is 0 Å². The second kappa shape index (κ2) is 6.33. The Bertz CT molecular complexity index is 267. The molecule has 0 bridgehead atoms. The third-order valence-corrected chi connectivity index (χ3v) is 1.99. The van der Waals surface area contributed by atoms with Crippen LogP contribution in [0.3, 0.4) is 0 Å². The van der Waals surface area contributed by atoms with Crippen LogP contribution in [0.1, 0.15) is 29.6 Å². The summed E-state index contributed by atoms with van der Waals surface area (Å²) in [5.41, 5.74) is 0.796. The second-order valence-corrected chi connectivity index (χ2v) is 3.08. The zero-order valence-electron chi connectivity index (χ0n) is 8.40. The zero-order chi connectivity index (χ0) is 10.2. The molecule has 75 valence electrons. The minimum Gasteiger partial charge on any atom is -0.379 e. The fourth-order valence-electron chi connectivity index (χ4n) is 1.23. The van der Waals surface area contributed by atoms with Crippen molar-refractivity contribution < 1.29 is 9.53 Å². The number of hydrogen-bond donors (Lipinski definition) is 0. The highest BCUT2D eigenvalue weighted by molar-refractivity contribution is 5.95. The van der Waals surface area contributed by atoms with E-state index in [9.17, 15) is 4.79 Å². The minimum absolute atomic E-state index is 0.204. The summed E-state index contributed by atoms with van der Waals surface area (Å²) >= 11 is 0. The summed E-state index contributed by atoms with van der Waals surface area (Å²) in [5, 5.41) is 0. The molecule has 1 aromatic rings. The monoisotopic (exact) mass is 191 g/mol. The van der Waals surface area contributed by atoms with Crippen molar-refractivity contribution in [2.45, 2.75) is 19.3 Å². The third-order valence-electron chi connectivity index (χ3n) is 1.99. The van der Waals surface area contributed by atoms with E-state index in [0.29, 0.717) is 6.42 Å². The van der Waals surface area contributed by atoms with Gasteiger partial charge >= 0.3 is 0 Å². The number of methoxy groups -OCH3 is 1. The number of carbonyl (C=O) groups excluding carboxylic acids is 1. The quantitative estimate of drug-likeness (QED) is 0.510. The van der Waals surface area contributed by atoms with Crippen LogP contribution in [0.25, 0.3) is 0 Å². The first-order valence-corrected chi connectivity index (χ1v) is 4.77. The average molecular weight is 191 g/mol. The molecule has 0 atom stereocenters. The Kier molecular flexibility index (Phi) is 4.94. The van der Waals surface area contributed by atoms with E-state index in [1.807, 2.05) is 30.3 Å². The van der Waals surface area contributed by atoms with Gasteiger partial charge in [-0.1, -0.05) is 30.3 Å². The molecule has 0 heterocycles. The van der Waals surface area contributed by atoms with Crippen LogP contribution < -0.4 is 0 Å². The van der Waals surface area contributed by atoms with Gasteiger partial charge in [0.05, 0.1) is 6.61 Å². The predicted octanol–water partition coefficient (Wildman–Crippen LogP) is 2.85. The molecule has 0 aliphatic carbocycles. The van der Waals surface area contributed by atoms with E-state index in [1.54, 1.807) is 13.7 Å². The zero-order valence-corrected chi connectivity index (χ0v) is 8.40. The van der Waals surface area contributed by atoms with Gasteiger partial charge in [0.2, 0.25) is 0 Å². The minimum atomic E-state index is 0.204. The van der Waals surface area contributed by atoms with Gasteiger partial charge in [0.15, 0.2) is 5.78 Å². The van der Waals surface area contributed by atoms with E-state index in [1.165, 1.54) is 0 Å². The number of Topliss-reactive ketones (excluding diaryl/α,β-unsaturated/α-hetero) is 1. The lowest BCUT2D eigenvalue weighted by Gasteiger charge is -2.00. The maximum atomic E-state index is 11.6. The van der Waals surface area contributed by atoms with Crippen molar-refractivity contribution in [2.75, 3.05) is 7.11 Å². The van der Waals surface area contributed by atoms with Crippen LogP contribution in [-0.4, -0.2) is 12.9 Å². The van der Waals surface area contributed by atoms with Crippen molar-refractivity contribution in [1.29, 1.82) is 0 Å². The SMILES string of the molecule is CO[CH]CCCC(=O)c1ccccc1. The summed E-state index contributed by atoms with van der Waals surface area (Å²) in [7, 11) is 1.62. The Hall–Kier alpha value is -1.15. The average Bonchev–Trinajstić information content (AvgIpc) is 2.25. The Labute approximate surface area is 84.9 Å². The molecule has 1 rings (SSSR count). The number of carbonyl (C=O) groups is 1. The van der Waals surface area contributed by atoms with Gasteiger partial charge in [-0.3, -0.25) is 4.79 Å². The lowest BCUT2D eigenvalue weighted by Crippen LogP contribution is -1.98. The number of hydrogen-bond acceptors (Lipinski definition) is 2. The van der Waals surface area contributed by atoms with E-state index >= 15 is 0 Å². The van der Waals surface area contributed by atoms with Crippen LogP contribution in [0.5, 0.6) is 0 Å². The molecule has 0 aliphatic heterocycles. The lowest BCUT2D eigenvalue weighted by molar-refractivity contribution is 0.0978. The van der Waals surface area contributed by atoms with Crippen LogP contribution in [0.2, 0.25) is 0 Å². The van der Waals surface area contributed by atoms with E-state index in [4.69, 9.17) is 4.74 Å². The van der Waals surface area contributed by atoms with Gasteiger partial charge in [-0.25, -0.2) is 0 Å². The summed E-state index contributed by atoms with van der Waals surface area (Å²) in [5.74, 6) is 0.204. The van der Waals surface area contributed by atoms with Crippen molar-refractivity contribution in [3.63, 3.8) is 0 Å². The van der Waals surface area contributed by atoms with Crippen molar-refractivity contribution in [3.8, 4) is 0 Å². The first-order chi connectivity index (χ1) is 6.84. The van der Waals surface area contributed by atoms with Gasteiger partial charge in [0.1, 0.15) is 0 Å². The maximum absolute atomic E-state index is 11.6. The maximum Gasteiger partial charge on any atom is 0.162 e. The molecule has 1 radical (unpaired) electrons. The molecule has 1 aromatic carbocycles. The van der Waals surface area contributed by atoms with Crippen molar-refractivity contribution >= 4 is 5.78 Å². The number of rotatable bonds is 6. The molecule has 0 aromatic heterocycles. The van der Waals surface area contributed by atoms with Crippen LogP contribution in [0, 0.1) is 6.61 Å². The highest BCUT2D eigenvalue weighted by Gasteiger charge is 2.03. The fraction of sp³-hybridized carbons (Fsp3) is 0.333. The molecule has 14 heavy (non-hydrogen) atoms. The molecule has 0 saturated carbocycles. The third kappa shape index (κ3) is 3.71. The fourth-order valence-corrected chi connectivity index (χ4v) is 1.23. The van der Waals surface area contributed by atoms with E-state index in [0.717, 1.165) is 18.4 Å². The molecule has 2 heteroatoms. The Balaban J connectivity index is 2.29. The summed E-state index contributed by atoms with van der Waals surface area (Å²) in [4.78, 5) is 11.6. The van der Waals surface area contributed by atoms with E-state index in [-0.39, 0.29) is 5.78 Å². The molecule has 0 unspecified atom stereocenters. The lowest BCUT2D eigenvalue weighted by atomic mass is 10.1. The van der Waals surface area contributed by atoms with Crippen LogP contribution in [0.15, 0.2) is 30.3 Å². The van der Waals surface area contributed by atoms with Gasteiger partial charge < -0.3 is 4.74 Å². The first-order valence-electron chi connectivity index (χ1n) is 4.77. The number of benzene rings is 1. The number of ketones is 1. The van der Waals surface area contributed by atoms with Crippen LogP contribution in [0.4, 0.5) is 0 Å². The van der Waals surface area contributed by atoms with Gasteiger partial charge in [-0.2, -0.15) is 0 Å². The smallest absolute Gasteiger partial charge is 0.162 e. The second-order valence-electron chi connectivity index (χ2n) is 3.08. The Morgan fingerprint density at radius 2 is 2.07 bits per heavy atom. The topological polar surface area (TPSA) is 26.3 Å². The van der Waals surface area contributed by atoms with Gasteiger partial charge in [-0.15, -0.1) is 0 Å². The first kappa shape index (κ1) is 10.9. The Morgan fingerprint density at radius 3 is 2.71 bits per heavy atom. The van der Waals surface area contributed by atoms with Gasteiger partial charge in [0.25, 0.3) is 0 Å². The Morgan fingerprint density at radius 1 is 1.36 bits per heavy atom. The molecular weight excluding hydrogens is 176 g/mol. The molecule has 0 fully saturated rings. The predicted molar refractivity (Wildman–Crippen MR) is 55.9 cm³/mol. The highest BCUT2D eigenvalue weighted by Crippen LogP contribution is 2.07.